The predicted molar refractivity (Wildman–Crippen MR) is 220 cm³/mol. The van der Waals surface area contributed by atoms with E-state index < -0.39 is 41.1 Å². The number of fused-ring (bicyclic) bond motifs is 6. The van der Waals surface area contributed by atoms with Gasteiger partial charge in [-0.3, -0.25) is 19.6 Å². The summed E-state index contributed by atoms with van der Waals surface area (Å²) in [5.74, 6) is -0.236. The molecule has 7 rings (SSSR count). The van der Waals surface area contributed by atoms with Crippen molar-refractivity contribution in [3.05, 3.63) is 53.7 Å². The minimum atomic E-state index is -1.04. The van der Waals surface area contributed by atoms with Gasteiger partial charge in [-0.15, -0.1) is 0 Å². The van der Waals surface area contributed by atoms with Gasteiger partial charge in [-0.25, -0.2) is 15.2 Å². The molecule has 0 aliphatic carbocycles. The maximum Gasteiger partial charge on any atom is 0.408 e. The number of aromatic nitrogens is 3. The summed E-state index contributed by atoms with van der Waals surface area (Å²) >= 11 is 0. The Kier molecular flexibility index (Phi) is 11.4. The molecule has 13 heteroatoms. The zero-order valence-corrected chi connectivity index (χ0v) is 34.9. The average molecular weight is 782 g/mol. The molecule has 1 aromatic carbocycles. The zero-order chi connectivity index (χ0) is 40.6. The Hall–Kier alpha value is -4.91. The van der Waals surface area contributed by atoms with Crippen LogP contribution in [0.1, 0.15) is 110 Å². The molecule has 306 valence electrons. The molecule has 2 atom stereocenters. The number of amides is 2. The summed E-state index contributed by atoms with van der Waals surface area (Å²) in [6.07, 6.45) is 8.20. The molecule has 0 radical (unpaired) electrons. The van der Waals surface area contributed by atoms with Gasteiger partial charge in [-0.05, 0) is 102 Å². The Labute approximate surface area is 335 Å². The van der Waals surface area contributed by atoms with E-state index in [0.717, 1.165) is 64.3 Å². The van der Waals surface area contributed by atoms with Gasteiger partial charge in [0.2, 0.25) is 5.89 Å². The highest BCUT2D eigenvalue weighted by atomic mass is 16.6. The van der Waals surface area contributed by atoms with Crippen molar-refractivity contribution in [2.75, 3.05) is 31.1 Å². The number of ether oxygens (including phenoxy) is 2. The van der Waals surface area contributed by atoms with Gasteiger partial charge in [0.25, 0.3) is 5.91 Å². The topological polar surface area (TPSA) is 144 Å². The summed E-state index contributed by atoms with van der Waals surface area (Å²) in [5, 5.41) is 5.23. The first kappa shape index (κ1) is 40.3. The van der Waals surface area contributed by atoms with Crippen LogP contribution in [0.15, 0.2) is 41.1 Å². The number of rotatable bonds is 5. The van der Waals surface area contributed by atoms with Crippen molar-refractivity contribution >= 4 is 34.6 Å². The molecule has 2 fully saturated rings. The third kappa shape index (κ3) is 8.83. The van der Waals surface area contributed by atoms with Crippen molar-refractivity contribution in [1.82, 2.24) is 30.3 Å². The molecular formula is C44H59N7O6. The number of esters is 1. The van der Waals surface area contributed by atoms with Crippen LogP contribution in [0.4, 0.5) is 10.5 Å². The highest BCUT2D eigenvalue weighted by Crippen LogP contribution is 2.43. The Morgan fingerprint density at radius 2 is 1.86 bits per heavy atom. The molecule has 6 bridgehead atoms. The van der Waals surface area contributed by atoms with Crippen LogP contribution >= 0.6 is 0 Å². The van der Waals surface area contributed by atoms with Crippen molar-refractivity contribution in [3.63, 3.8) is 0 Å². The lowest BCUT2D eigenvalue weighted by Gasteiger charge is -2.35. The first-order valence-electron chi connectivity index (χ1n) is 20.7. The summed E-state index contributed by atoms with van der Waals surface area (Å²) in [7, 11) is 0. The maximum atomic E-state index is 14.0. The summed E-state index contributed by atoms with van der Waals surface area (Å²) in [6, 6.07) is 6.86. The number of hydrogen-bond donors (Lipinski definition) is 2. The van der Waals surface area contributed by atoms with Crippen molar-refractivity contribution in [2.45, 2.75) is 130 Å². The molecule has 0 unspecified atom stereocenters. The van der Waals surface area contributed by atoms with Crippen LogP contribution in [0.5, 0.6) is 0 Å². The van der Waals surface area contributed by atoms with Gasteiger partial charge >= 0.3 is 12.1 Å². The highest BCUT2D eigenvalue weighted by molar-refractivity contribution is 5.95. The lowest BCUT2D eigenvalue weighted by atomic mass is 9.84. The standard InChI is InChI=1S/C44H59N7O6/c1-9-50-36-16-15-28-20-31(36)33(38(50)32-22-30(24-45-37(32)27(2)3)49-17-11-10-12-18-49)23-44(7,8)26-56-41(53)34-14-13-19-51(48-34)40(52)35(21-29-25-55-39(28)46-29)47-42(54)57-43(4,5)6/h15-16,20,22,24-25,27,34-35,48H,9-14,17-19,21,23,26H2,1-8H3,(H,47,54)/t34-,35-/m0/s1. The number of pyridine rings is 1. The van der Waals surface area contributed by atoms with Gasteiger partial charge in [-0.2, -0.15) is 0 Å². The van der Waals surface area contributed by atoms with E-state index >= 15 is 0 Å². The van der Waals surface area contributed by atoms with Crippen LogP contribution in [0.3, 0.4) is 0 Å². The number of piperidine rings is 1. The monoisotopic (exact) mass is 781 g/mol. The normalized spacial score (nSPS) is 20.7. The van der Waals surface area contributed by atoms with Crippen LogP contribution in [0.25, 0.3) is 33.6 Å². The quantitative estimate of drug-likeness (QED) is 0.195. The summed E-state index contributed by atoms with van der Waals surface area (Å²) in [6.45, 7) is 19.4. The minimum Gasteiger partial charge on any atom is -0.464 e. The lowest BCUT2D eigenvalue weighted by Crippen LogP contribution is -2.60. The number of carbonyl (C=O) groups is 3. The number of cyclic esters (lactones) is 1. The number of nitrogens with zero attached hydrogens (tertiary/aromatic N) is 5. The second kappa shape index (κ2) is 16.2. The average Bonchev–Trinajstić information content (AvgIpc) is 3.77. The molecule has 3 aromatic heterocycles. The van der Waals surface area contributed by atoms with Gasteiger partial charge in [-0.1, -0.05) is 27.7 Å². The van der Waals surface area contributed by atoms with Crippen LogP contribution in [-0.4, -0.2) is 81.4 Å². The number of benzene rings is 1. The molecule has 3 aliphatic heterocycles. The molecule has 2 N–H and O–H groups in total. The van der Waals surface area contributed by atoms with E-state index in [1.807, 2.05) is 12.3 Å². The van der Waals surface area contributed by atoms with E-state index in [9.17, 15) is 14.4 Å². The highest BCUT2D eigenvalue weighted by Gasteiger charge is 2.36. The number of nitrogens with one attached hydrogen (secondary N) is 2. The number of anilines is 1. The second-order valence-electron chi connectivity index (χ2n) is 17.9. The molecule has 0 spiro atoms. The van der Waals surface area contributed by atoms with E-state index in [1.54, 1.807) is 20.8 Å². The van der Waals surface area contributed by atoms with Crippen molar-refractivity contribution in [1.29, 1.82) is 0 Å². The summed E-state index contributed by atoms with van der Waals surface area (Å²) < 4.78 is 20.1. The van der Waals surface area contributed by atoms with Gasteiger partial charge < -0.3 is 28.7 Å². The van der Waals surface area contributed by atoms with Crippen LogP contribution in [0, 0.1) is 5.41 Å². The SMILES string of the molecule is CCn1c(-c2cc(N3CCCCC3)cnc2C(C)C)c2c3cc(ccc31)-c1nc(co1)C[C@H](NC(=O)OC(C)(C)C)C(=O)N1CCC[C@H](N1)C(=O)OCC(C)(C)C2. The Morgan fingerprint density at radius 1 is 1.09 bits per heavy atom. The van der Waals surface area contributed by atoms with Crippen LogP contribution in [0.2, 0.25) is 0 Å². The van der Waals surface area contributed by atoms with E-state index in [4.69, 9.17) is 23.9 Å². The zero-order valence-electron chi connectivity index (χ0n) is 34.9. The maximum absolute atomic E-state index is 14.0. The molecule has 57 heavy (non-hydrogen) atoms. The fraction of sp³-hybridized carbons (Fsp3) is 0.568. The predicted octanol–water partition coefficient (Wildman–Crippen LogP) is 7.55. The van der Waals surface area contributed by atoms with Crippen molar-refractivity contribution in [2.24, 2.45) is 5.41 Å². The molecule has 2 amide bonds. The molecule has 2 saturated heterocycles. The number of alkyl carbamates (subject to hydrolysis) is 1. The second-order valence-corrected chi connectivity index (χ2v) is 17.9. The van der Waals surface area contributed by atoms with Crippen LogP contribution < -0.4 is 15.6 Å². The molecule has 3 aliphatic rings. The Morgan fingerprint density at radius 3 is 2.58 bits per heavy atom. The fourth-order valence-electron chi connectivity index (χ4n) is 8.40. The van der Waals surface area contributed by atoms with E-state index in [2.05, 4.69) is 73.0 Å². The number of aryl methyl sites for hydroxylation is 1. The number of carbonyl (C=O) groups excluding carboxylic acids is 3. The number of oxazole rings is 1. The first-order valence-corrected chi connectivity index (χ1v) is 20.7. The van der Waals surface area contributed by atoms with Crippen molar-refractivity contribution in [3.8, 4) is 22.7 Å². The minimum absolute atomic E-state index is 0.0469. The molecule has 4 aromatic rings. The lowest BCUT2D eigenvalue weighted by molar-refractivity contribution is -0.155. The number of hydrogen-bond acceptors (Lipinski definition) is 10. The van der Waals surface area contributed by atoms with Gasteiger partial charge in [0.1, 0.15) is 23.9 Å². The van der Waals surface area contributed by atoms with Crippen molar-refractivity contribution < 1.29 is 28.3 Å². The fourth-order valence-corrected chi connectivity index (χ4v) is 8.40. The Bertz CT molecular complexity index is 2120. The molecule has 13 nitrogen and oxygen atoms in total. The number of hydrazine groups is 1. The van der Waals surface area contributed by atoms with Crippen LogP contribution in [-0.2, 0) is 38.4 Å². The molecule has 0 saturated carbocycles. The molecular weight excluding hydrogens is 723 g/mol. The molecule has 6 heterocycles. The van der Waals surface area contributed by atoms with Gasteiger partial charge in [0.05, 0.1) is 35.6 Å². The van der Waals surface area contributed by atoms with E-state index in [1.165, 1.54) is 30.5 Å². The third-order valence-corrected chi connectivity index (χ3v) is 11.1. The third-order valence-electron chi connectivity index (χ3n) is 11.1. The summed E-state index contributed by atoms with van der Waals surface area (Å²) in [4.78, 5) is 53.3. The summed E-state index contributed by atoms with van der Waals surface area (Å²) in [5.41, 5.74) is 9.80. The first-order chi connectivity index (χ1) is 27.1. The Balaban J connectivity index is 1.37. The van der Waals surface area contributed by atoms with Gasteiger partial charge in [0.15, 0.2) is 0 Å². The van der Waals surface area contributed by atoms with Gasteiger partial charge in [0, 0.05) is 60.0 Å². The van der Waals surface area contributed by atoms with E-state index in [0.29, 0.717) is 37.4 Å². The van der Waals surface area contributed by atoms with E-state index in [-0.39, 0.29) is 18.9 Å². The largest absolute Gasteiger partial charge is 0.464 e. The smallest absolute Gasteiger partial charge is 0.408 e.